The fourth-order valence-electron chi connectivity index (χ4n) is 10.4. The van der Waals surface area contributed by atoms with Crippen molar-refractivity contribution in [2.75, 3.05) is 40.3 Å². The first-order chi connectivity index (χ1) is 34.1. The van der Waals surface area contributed by atoms with Crippen LogP contribution in [0.5, 0.6) is 34.5 Å². The highest BCUT2D eigenvalue weighted by Crippen LogP contribution is 2.62. The molecule has 70 heavy (non-hydrogen) atoms. The van der Waals surface area contributed by atoms with E-state index in [2.05, 4.69) is 12.7 Å². The summed E-state index contributed by atoms with van der Waals surface area (Å²) >= 11 is 0. The number of benzene rings is 4. The number of non-ortho nitro benzene ring substituents is 1. The maximum atomic E-state index is 15.2. The molecule has 6 unspecified atom stereocenters. The molecule has 0 aromatic heterocycles. The molecular formula is C54H59N3O13. The van der Waals surface area contributed by atoms with Gasteiger partial charge in [-0.05, 0) is 128 Å². The molecule has 2 N–H and O–H groups in total. The Kier molecular flexibility index (Phi) is 16.0. The highest BCUT2D eigenvalue weighted by atomic mass is 16.7. The Bertz CT molecular complexity index is 2630. The summed E-state index contributed by atoms with van der Waals surface area (Å²) < 4.78 is 37.9. The molecule has 2 aliphatic carbocycles. The van der Waals surface area contributed by atoms with Gasteiger partial charge < -0.3 is 48.4 Å². The number of allylic oxidation sites excluding steroid dienone is 1. The summed E-state index contributed by atoms with van der Waals surface area (Å²) in [5.41, 5.74) is 3.92. The summed E-state index contributed by atoms with van der Waals surface area (Å²) in [6, 6.07) is 21.3. The first kappa shape index (κ1) is 49.4. The van der Waals surface area contributed by atoms with Crippen LogP contribution in [0.3, 0.4) is 0 Å². The van der Waals surface area contributed by atoms with Gasteiger partial charge in [-0.1, -0.05) is 36.2 Å². The number of nitrogens with zero attached hydrogens (tertiary/aromatic N) is 3. The summed E-state index contributed by atoms with van der Waals surface area (Å²) in [7, 11) is 1.50. The van der Waals surface area contributed by atoms with Gasteiger partial charge in [0.2, 0.25) is 18.5 Å². The number of carbonyl (C=O) groups is 2. The predicted molar refractivity (Wildman–Crippen MR) is 260 cm³/mol. The Morgan fingerprint density at radius 3 is 2.43 bits per heavy atom. The third kappa shape index (κ3) is 10.4. The number of unbranched alkanes of at least 4 members (excludes halogenated alkanes) is 2. The number of hydrogen-bond acceptors (Lipinski definition) is 14. The van der Waals surface area contributed by atoms with Gasteiger partial charge in [-0.15, -0.1) is 6.58 Å². The van der Waals surface area contributed by atoms with E-state index in [1.54, 1.807) is 53.5 Å². The largest absolute Gasteiger partial charge is 0.496 e. The lowest BCUT2D eigenvalue weighted by atomic mass is 9.55. The van der Waals surface area contributed by atoms with Crippen molar-refractivity contribution in [2.24, 2.45) is 22.9 Å². The van der Waals surface area contributed by atoms with Crippen molar-refractivity contribution in [1.82, 2.24) is 4.90 Å². The number of hydrogen-bond donors (Lipinski definition) is 2. The van der Waals surface area contributed by atoms with Gasteiger partial charge in [0.25, 0.3) is 5.69 Å². The number of methoxy groups -OCH3 is 1. The number of nitro benzene ring substituents is 1. The Hall–Kier alpha value is -7.01. The monoisotopic (exact) mass is 957 g/mol. The number of aldehydes is 1. The fourth-order valence-corrected chi connectivity index (χ4v) is 10.4. The molecule has 4 aromatic rings. The lowest BCUT2D eigenvalue weighted by Crippen LogP contribution is -2.70. The van der Waals surface area contributed by atoms with Crippen LogP contribution in [0, 0.1) is 27.9 Å². The van der Waals surface area contributed by atoms with Gasteiger partial charge >= 0.3 is 0 Å². The van der Waals surface area contributed by atoms with Crippen molar-refractivity contribution in [3.63, 3.8) is 0 Å². The number of aliphatic hydroxyl groups is 2. The minimum absolute atomic E-state index is 0.00904. The van der Waals surface area contributed by atoms with Gasteiger partial charge in [0.1, 0.15) is 35.6 Å². The van der Waals surface area contributed by atoms with Gasteiger partial charge in [0.15, 0.2) is 17.8 Å². The van der Waals surface area contributed by atoms with Gasteiger partial charge in [0, 0.05) is 55.9 Å². The fraction of sp³-hybridized carbons (Fsp3) is 0.389. The molecular weight excluding hydrogens is 899 g/mol. The Morgan fingerprint density at radius 1 is 0.957 bits per heavy atom. The molecule has 1 saturated carbocycles. The number of nitro groups is 1. The van der Waals surface area contributed by atoms with Crippen LogP contribution in [0.1, 0.15) is 84.8 Å². The second-order valence-corrected chi connectivity index (χ2v) is 17.6. The predicted octanol–water partition coefficient (Wildman–Crippen LogP) is 9.33. The van der Waals surface area contributed by atoms with E-state index >= 15 is 4.79 Å². The minimum Gasteiger partial charge on any atom is -0.496 e. The summed E-state index contributed by atoms with van der Waals surface area (Å²) in [5.74, 6) is 0.0140. The number of fused-ring (bicyclic) bond motifs is 3. The van der Waals surface area contributed by atoms with Crippen molar-refractivity contribution < 1.29 is 58.0 Å². The Balaban J connectivity index is 1.33. The van der Waals surface area contributed by atoms with E-state index in [-0.39, 0.29) is 69.6 Å². The van der Waals surface area contributed by atoms with E-state index in [0.717, 1.165) is 42.4 Å². The van der Waals surface area contributed by atoms with Crippen LogP contribution in [0.2, 0.25) is 0 Å². The van der Waals surface area contributed by atoms with E-state index < -0.39 is 28.6 Å². The number of aliphatic hydroxyl groups excluding tert-OH is 2. The van der Waals surface area contributed by atoms with Crippen LogP contribution < -0.4 is 23.7 Å². The third-order valence-corrected chi connectivity index (χ3v) is 13.5. The van der Waals surface area contributed by atoms with Crippen LogP contribution in [-0.2, 0) is 20.9 Å². The van der Waals surface area contributed by atoms with Gasteiger partial charge in [-0.25, -0.2) is 0 Å². The van der Waals surface area contributed by atoms with Crippen molar-refractivity contribution in [3.05, 3.63) is 142 Å². The van der Waals surface area contributed by atoms with Crippen LogP contribution in [0.25, 0.3) is 6.08 Å². The molecule has 16 heteroatoms. The maximum absolute atomic E-state index is 15.2. The zero-order valence-electron chi connectivity index (χ0n) is 39.4. The van der Waals surface area contributed by atoms with Crippen LogP contribution in [0.15, 0.2) is 114 Å². The molecule has 0 radical (unpaired) electrons. The smallest absolute Gasteiger partial charge is 0.269 e. The summed E-state index contributed by atoms with van der Waals surface area (Å²) in [5, 5.41) is 36.3. The average Bonchev–Trinajstić information content (AvgIpc) is 3.85. The maximum Gasteiger partial charge on any atom is 0.269 e. The van der Waals surface area contributed by atoms with E-state index in [9.17, 15) is 25.1 Å². The number of rotatable bonds is 23. The topological polar surface area (TPSA) is 198 Å². The van der Waals surface area contributed by atoms with Crippen molar-refractivity contribution in [1.29, 1.82) is 0 Å². The second kappa shape index (κ2) is 22.6. The van der Waals surface area contributed by atoms with E-state index in [4.69, 9.17) is 38.4 Å². The average molecular weight is 958 g/mol. The molecule has 6 atom stereocenters. The lowest BCUT2D eigenvalue weighted by Gasteiger charge is -2.60. The van der Waals surface area contributed by atoms with Crippen molar-refractivity contribution in [2.45, 2.75) is 76.2 Å². The summed E-state index contributed by atoms with van der Waals surface area (Å²) in [6.45, 7) is 6.46. The van der Waals surface area contributed by atoms with Crippen LogP contribution in [-0.4, -0.2) is 90.1 Å². The summed E-state index contributed by atoms with van der Waals surface area (Å²) in [4.78, 5) is 45.9. The molecule has 0 spiro atoms. The van der Waals surface area contributed by atoms with E-state index in [1.807, 2.05) is 37.3 Å². The van der Waals surface area contributed by atoms with Gasteiger partial charge in [-0.2, -0.15) is 0 Å². The van der Waals surface area contributed by atoms with Gasteiger partial charge in [0.05, 0.1) is 35.8 Å². The van der Waals surface area contributed by atoms with Gasteiger partial charge in [-0.3, -0.25) is 19.7 Å². The van der Waals surface area contributed by atoms with E-state index in [1.165, 1.54) is 25.3 Å². The minimum atomic E-state index is -1.57. The van der Waals surface area contributed by atoms with Crippen molar-refractivity contribution >= 4 is 29.7 Å². The molecule has 1 fully saturated rings. The number of ether oxygens (including phenoxy) is 6. The normalized spacial score (nSPS) is 22.3. The molecule has 368 valence electrons. The van der Waals surface area contributed by atoms with E-state index in [0.29, 0.717) is 70.5 Å². The standard InChI is InChI=1S/C54H59N3O13/c1-4-26-67-54-50(56(32-36-14-20-48-49(27-36)66-34-65-48)51(61)23-15-35-12-16-39(17-13-35)57(62)63)31-45(55-68-5-2)43-29-37(10-6-8-24-58)42(11-7-9-25-59)52(53(43)54)44-30-41(19-22-47(44)70-54)69-40-18-21-46(64-3)38(28-40)33-60/h4,12-23,27-30,33,37,42,50,52-53,58-59H,1,5-11,24-26,31-32,34H2,2-3H3. The molecule has 2 heterocycles. The Morgan fingerprint density at radius 2 is 1.70 bits per heavy atom. The number of oxime groups is 1. The number of carbonyl (C=O) groups excluding carboxylic acids is 2. The Labute approximate surface area is 406 Å². The highest BCUT2D eigenvalue weighted by Gasteiger charge is 2.65. The molecule has 2 aliphatic heterocycles. The zero-order valence-corrected chi connectivity index (χ0v) is 39.4. The quantitative estimate of drug-likeness (QED) is 0.0178. The zero-order chi connectivity index (χ0) is 49.2. The molecule has 0 saturated heterocycles. The molecule has 4 aromatic carbocycles. The summed E-state index contributed by atoms with van der Waals surface area (Å²) in [6.07, 6.45) is 12.0. The van der Waals surface area contributed by atoms with Crippen LogP contribution in [0.4, 0.5) is 5.69 Å². The lowest BCUT2D eigenvalue weighted by molar-refractivity contribution is -0.384. The third-order valence-electron chi connectivity index (χ3n) is 13.5. The SMILES string of the molecule is C=CCOC12Oc3ccc(Oc4ccc(OC)c(C=O)c4)cc3C3C(CCCCO)C(CCCCO)C=C(C(=NOCC)CC1N(Cc1ccc4c(c1)OCO4)C(=O)C=Cc1ccc([N+](=O)[O-])cc1)C32. The number of amides is 1. The van der Waals surface area contributed by atoms with Crippen LogP contribution >= 0.6 is 0 Å². The first-order valence-electron chi connectivity index (χ1n) is 23.8. The molecule has 16 nitrogen and oxygen atoms in total. The molecule has 8 rings (SSSR count). The first-order valence-corrected chi connectivity index (χ1v) is 23.8. The second-order valence-electron chi connectivity index (χ2n) is 17.6. The molecule has 0 bridgehead atoms. The highest BCUT2D eigenvalue weighted by molar-refractivity contribution is 6.03. The molecule has 1 amide bonds. The molecule has 4 aliphatic rings. The van der Waals surface area contributed by atoms with Crippen molar-refractivity contribution in [3.8, 4) is 34.5 Å².